The Morgan fingerprint density at radius 1 is 1.31 bits per heavy atom. The zero-order chi connectivity index (χ0) is 17.9. The molecule has 4 rings (SSSR count). The minimum Gasteiger partial charge on any atom is -0.497 e. The number of aliphatic hydroxyl groups is 1. The van der Waals surface area contributed by atoms with Crippen molar-refractivity contribution >= 4 is 17.4 Å². The molecule has 4 nitrogen and oxygen atoms in total. The van der Waals surface area contributed by atoms with Gasteiger partial charge in [-0.05, 0) is 73.1 Å². The highest BCUT2D eigenvalue weighted by Gasteiger charge is 2.27. The third-order valence-corrected chi connectivity index (χ3v) is 6.27. The van der Waals surface area contributed by atoms with Gasteiger partial charge in [0.15, 0.2) is 0 Å². The van der Waals surface area contributed by atoms with Gasteiger partial charge in [0.05, 0.1) is 13.2 Å². The lowest BCUT2D eigenvalue weighted by Gasteiger charge is -2.34. The molecule has 0 amide bonds. The van der Waals surface area contributed by atoms with Crippen molar-refractivity contribution in [2.45, 2.75) is 18.9 Å². The predicted molar refractivity (Wildman–Crippen MR) is 105 cm³/mol. The molecule has 2 aromatic rings. The minimum absolute atomic E-state index is 0.311. The highest BCUT2D eigenvalue weighted by atomic mass is 32.1. The first-order chi connectivity index (χ1) is 12.7. The Labute approximate surface area is 158 Å². The van der Waals surface area contributed by atoms with E-state index in [4.69, 9.17) is 9.47 Å². The monoisotopic (exact) mass is 371 g/mol. The van der Waals surface area contributed by atoms with Gasteiger partial charge in [-0.1, -0.05) is 6.07 Å². The number of aliphatic hydroxyl groups excluding tert-OH is 1. The summed E-state index contributed by atoms with van der Waals surface area (Å²) in [7, 11) is 1.69. The topological polar surface area (TPSA) is 41.9 Å². The van der Waals surface area contributed by atoms with Gasteiger partial charge in [-0.2, -0.15) is 0 Å². The summed E-state index contributed by atoms with van der Waals surface area (Å²) in [5, 5.41) is 12.6. The third kappa shape index (κ3) is 3.80. The Morgan fingerprint density at radius 2 is 2.15 bits per heavy atom. The van der Waals surface area contributed by atoms with Crippen molar-refractivity contribution in [3.8, 4) is 11.5 Å². The van der Waals surface area contributed by atoms with E-state index in [0.717, 1.165) is 54.4 Å². The molecule has 1 aromatic heterocycles. The summed E-state index contributed by atoms with van der Waals surface area (Å²) < 4.78 is 11.2. The quantitative estimate of drug-likeness (QED) is 0.863. The molecule has 1 aromatic carbocycles. The Kier molecular flexibility index (Phi) is 5.29. The molecule has 1 unspecified atom stereocenters. The molecule has 1 fully saturated rings. The van der Waals surface area contributed by atoms with Crippen LogP contribution in [0.5, 0.6) is 11.5 Å². The molecule has 0 aliphatic carbocycles. The van der Waals surface area contributed by atoms with Crippen LogP contribution in [-0.2, 0) is 0 Å². The number of piperidine rings is 1. The van der Waals surface area contributed by atoms with Gasteiger partial charge >= 0.3 is 0 Å². The van der Waals surface area contributed by atoms with Crippen molar-refractivity contribution in [1.29, 1.82) is 0 Å². The maximum atomic E-state index is 10.5. The summed E-state index contributed by atoms with van der Waals surface area (Å²) in [4.78, 5) is 3.57. The van der Waals surface area contributed by atoms with Crippen molar-refractivity contribution < 1.29 is 14.6 Å². The summed E-state index contributed by atoms with van der Waals surface area (Å²) in [6, 6.07) is 9.98. The van der Waals surface area contributed by atoms with Crippen molar-refractivity contribution in [2.24, 2.45) is 5.92 Å². The number of rotatable bonds is 5. The average molecular weight is 372 g/mol. The first-order valence-corrected chi connectivity index (χ1v) is 10.0. The molecule has 26 heavy (non-hydrogen) atoms. The number of hydrogen-bond donors (Lipinski definition) is 1. The maximum absolute atomic E-state index is 10.5. The molecule has 5 heteroatoms. The Balaban J connectivity index is 1.35. The number of hydrogen-bond acceptors (Lipinski definition) is 5. The van der Waals surface area contributed by atoms with Crippen LogP contribution in [0.1, 0.15) is 29.4 Å². The largest absolute Gasteiger partial charge is 0.497 e. The number of methoxy groups -OCH3 is 1. The van der Waals surface area contributed by atoms with Crippen LogP contribution in [0.25, 0.3) is 6.08 Å². The average Bonchev–Trinajstić information content (AvgIpc) is 3.22. The lowest BCUT2D eigenvalue weighted by atomic mass is 9.90. The molecule has 1 saturated heterocycles. The number of nitrogens with zero attached hydrogens (tertiary/aromatic N) is 1. The smallest absolute Gasteiger partial charge is 0.127 e. The molecule has 2 aliphatic rings. The second-order valence-electron chi connectivity index (χ2n) is 7.07. The lowest BCUT2D eigenvalue weighted by Crippen LogP contribution is -2.37. The van der Waals surface area contributed by atoms with Crippen LogP contribution in [0, 0.1) is 5.92 Å². The molecule has 0 saturated carbocycles. The normalized spacial score (nSPS) is 19.4. The number of ether oxygens (including phenoxy) is 2. The molecular formula is C21H25NO3S. The standard InChI is InChI=1S/C21H25NO3S/c1-24-18-4-5-19-17(12-18)11-15(14-25-19)13-22-8-6-16(7-9-22)21(23)20-3-2-10-26-20/h2-5,10-12,16,21,23H,6-9,13-14H2,1H3. The summed E-state index contributed by atoms with van der Waals surface area (Å²) in [6.07, 6.45) is 4.00. The Hall–Kier alpha value is -1.82. The van der Waals surface area contributed by atoms with Gasteiger partial charge in [0.2, 0.25) is 0 Å². The van der Waals surface area contributed by atoms with Crippen molar-refractivity contribution in [3.05, 3.63) is 51.7 Å². The molecule has 1 atom stereocenters. The van der Waals surface area contributed by atoms with Crippen molar-refractivity contribution in [1.82, 2.24) is 4.90 Å². The third-order valence-electron chi connectivity index (χ3n) is 5.33. The molecule has 2 aliphatic heterocycles. The van der Waals surface area contributed by atoms with Crippen LogP contribution >= 0.6 is 11.3 Å². The summed E-state index contributed by atoms with van der Waals surface area (Å²) >= 11 is 1.65. The van der Waals surface area contributed by atoms with Crippen molar-refractivity contribution in [2.75, 3.05) is 33.4 Å². The van der Waals surface area contributed by atoms with E-state index >= 15 is 0 Å². The van der Waals surface area contributed by atoms with E-state index in [2.05, 4.69) is 11.0 Å². The van der Waals surface area contributed by atoms with Gasteiger partial charge in [-0.25, -0.2) is 0 Å². The van der Waals surface area contributed by atoms with Gasteiger partial charge in [0.1, 0.15) is 18.1 Å². The second-order valence-corrected chi connectivity index (χ2v) is 8.05. The number of fused-ring (bicyclic) bond motifs is 1. The van der Waals surface area contributed by atoms with Gasteiger partial charge in [0.25, 0.3) is 0 Å². The van der Waals surface area contributed by atoms with E-state index in [9.17, 15) is 5.11 Å². The molecule has 0 spiro atoms. The first kappa shape index (κ1) is 17.6. The number of likely N-dealkylation sites (tertiary alicyclic amines) is 1. The SMILES string of the molecule is COc1ccc2c(c1)C=C(CN1CCC(C(O)c3cccs3)CC1)CO2. The highest BCUT2D eigenvalue weighted by molar-refractivity contribution is 7.10. The molecular weight excluding hydrogens is 346 g/mol. The van der Waals surface area contributed by atoms with Crippen LogP contribution in [-0.4, -0.2) is 43.4 Å². The Morgan fingerprint density at radius 3 is 2.88 bits per heavy atom. The molecule has 0 radical (unpaired) electrons. The fourth-order valence-corrected chi connectivity index (χ4v) is 4.63. The van der Waals surface area contributed by atoms with E-state index < -0.39 is 0 Å². The van der Waals surface area contributed by atoms with Crippen LogP contribution in [0.15, 0.2) is 41.3 Å². The molecule has 1 N–H and O–H groups in total. The van der Waals surface area contributed by atoms with Gasteiger partial charge in [-0.3, -0.25) is 4.90 Å². The number of thiophene rings is 1. The lowest BCUT2D eigenvalue weighted by molar-refractivity contribution is 0.0633. The zero-order valence-corrected chi connectivity index (χ0v) is 15.9. The fourth-order valence-electron chi connectivity index (χ4n) is 3.83. The number of benzene rings is 1. The van der Waals surface area contributed by atoms with Crippen LogP contribution in [0.4, 0.5) is 0 Å². The predicted octanol–water partition coefficient (Wildman–Crippen LogP) is 3.98. The van der Waals surface area contributed by atoms with Crippen LogP contribution < -0.4 is 9.47 Å². The minimum atomic E-state index is -0.311. The van der Waals surface area contributed by atoms with Gasteiger partial charge in [0, 0.05) is 17.0 Å². The first-order valence-electron chi connectivity index (χ1n) is 9.17. The van der Waals surface area contributed by atoms with E-state index in [-0.39, 0.29) is 6.10 Å². The summed E-state index contributed by atoms with van der Waals surface area (Å²) in [5.74, 6) is 2.15. The Bertz CT molecular complexity index is 764. The molecule has 138 valence electrons. The zero-order valence-electron chi connectivity index (χ0n) is 15.1. The van der Waals surface area contributed by atoms with E-state index in [1.807, 2.05) is 35.7 Å². The van der Waals surface area contributed by atoms with E-state index in [0.29, 0.717) is 12.5 Å². The fraction of sp³-hybridized carbons (Fsp3) is 0.429. The summed E-state index contributed by atoms with van der Waals surface area (Å²) in [5.41, 5.74) is 2.39. The van der Waals surface area contributed by atoms with E-state index in [1.165, 1.54) is 5.57 Å². The van der Waals surface area contributed by atoms with Gasteiger partial charge < -0.3 is 14.6 Å². The molecule has 3 heterocycles. The van der Waals surface area contributed by atoms with Crippen LogP contribution in [0.3, 0.4) is 0 Å². The van der Waals surface area contributed by atoms with Gasteiger partial charge in [-0.15, -0.1) is 11.3 Å². The summed E-state index contributed by atoms with van der Waals surface area (Å²) in [6.45, 7) is 3.63. The van der Waals surface area contributed by atoms with Crippen molar-refractivity contribution in [3.63, 3.8) is 0 Å². The second kappa shape index (κ2) is 7.82. The highest BCUT2D eigenvalue weighted by Crippen LogP contribution is 2.34. The van der Waals surface area contributed by atoms with E-state index in [1.54, 1.807) is 18.4 Å². The van der Waals surface area contributed by atoms with Crippen LogP contribution in [0.2, 0.25) is 0 Å². The maximum Gasteiger partial charge on any atom is 0.127 e. The molecule has 0 bridgehead atoms.